The molecular formula is C24H20N4O2S2. The van der Waals surface area contributed by atoms with E-state index >= 15 is 0 Å². The van der Waals surface area contributed by atoms with Gasteiger partial charge in [0.15, 0.2) is 5.16 Å². The molecule has 0 spiro atoms. The van der Waals surface area contributed by atoms with Gasteiger partial charge in [0.1, 0.15) is 10.5 Å². The van der Waals surface area contributed by atoms with Crippen molar-refractivity contribution >= 4 is 39.0 Å². The van der Waals surface area contributed by atoms with Gasteiger partial charge in [-0.05, 0) is 42.7 Å². The van der Waals surface area contributed by atoms with Crippen LogP contribution in [-0.2, 0) is 12.8 Å². The Balaban J connectivity index is 1.51. The number of aryl methyl sites for hydroxylation is 2. The summed E-state index contributed by atoms with van der Waals surface area (Å²) in [5.41, 5.74) is 5.42. The zero-order valence-corrected chi connectivity index (χ0v) is 19.5. The van der Waals surface area contributed by atoms with E-state index in [0.717, 1.165) is 16.0 Å². The molecule has 0 aliphatic carbocycles. The van der Waals surface area contributed by atoms with Crippen LogP contribution in [0.1, 0.15) is 16.8 Å². The molecule has 32 heavy (non-hydrogen) atoms. The second-order valence-electron chi connectivity index (χ2n) is 7.69. The highest BCUT2D eigenvalue weighted by molar-refractivity contribution is 7.98. The lowest BCUT2D eigenvalue weighted by atomic mass is 10.0. The Bertz CT molecular complexity index is 1610. The van der Waals surface area contributed by atoms with E-state index in [-0.39, 0.29) is 11.1 Å². The van der Waals surface area contributed by atoms with Crippen molar-refractivity contribution in [3.8, 4) is 11.1 Å². The first-order valence-corrected chi connectivity index (χ1v) is 11.9. The predicted octanol–water partition coefficient (Wildman–Crippen LogP) is 4.58. The average molecular weight is 461 g/mol. The van der Waals surface area contributed by atoms with Crippen molar-refractivity contribution in [2.24, 2.45) is 7.05 Å². The third-order valence-electron chi connectivity index (χ3n) is 5.57. The topological polar surface area (TPSA) is 69.3 Å². The van der Waals surface area contributed by atoms with E-state index in [9.17, 15) is 9.59 Å². The van der Waals surface area contributed by atoms with Gasteiger partial charge in [0, 0.05) is 36.0 Å². The van der Waals surface area contributed by atoms with Crippen LogP contribution in [0.3, 0.4) is 0 Å². The van der Waals surface area contributed by atoms with Gasteiger partial charge in [-0.25, -0.2) is 9.97 Å². The van der Waals surface area contributed by atoms with Gasteiger partial charge in [0.05, 0.1) is 11.1 Å². The Hall–Kier alpha value is -3.23. The minimum Gasteiger partial charge on any atom is -0.290 e. The largest absolute Gasteiger partial charge is 0.290 e. The fraction of sp³-hybridized carbons (Fsp3) is 0.167. The molecule has 0 unspecified atom stereocenters. The number of benzene rings is 1. The summed E-state index contributed by atoms with van der Waals surface area (Å²) in [6, 6.07) is 13.2. The minimum atomic E-state index is -0.125. The monoisotopic (exact) mass is 460 g/mol. The maximum Gasteiger partial charge on any atom is 0.263 e. The van der Waals surface area contributed by atoms with E-state index in [1.54, 1.807) is 29.9 Å². The third kappa shape index (κ3) is 3.55. The SMILES string of the molecule is Cc1ccc(-c2csc3nc(SCc4cc(=O)n5ccccc5n4)n(C)c(=O)c23)cc1C. The molecule has 1 aromatic carbocycles. The molecule has 6 nitrogen and oxygen atoms in total. The lowest BCUT2D eigenvalue weighted by Crippen LogP contribution is -2.20. The first kappa shape index (κ1) is 20.7. The first-order valence-electron chi connectivity index (χ1n) is 10.1. The molecule has 4 heterocycles. The van der Waals surface area contributed by atoms with E-state index in [2.05, 4.69) is 37.0 Å². The molecule has 0 saturated carbocycles. The number of rotatable bonds is 4. The molecule has 0 bridgehead atoms. The quantitative estimate of drug-likeness (QED) is 0.290. The minimum absolute atomic E-state index is 0.0708. The lowest BCUT2D eigenvalue weighted by molar-refractivity contribution is 0.728. The number of thiophene rings is 1. The highest BCUT2D eigenvalue weighted by Gasteiger charge is 2.16. The Labute approximate surface area is 192 Å². The molecule has 4 aromatic heterocycles. The normalized spacial score (nSPS) is 11.5. The van der Waals surface area contributed by atoms with E-state index in [0.29, 0.717) is 27.6 Å². The summed E-state index contributed by atoms with van der Waals surface area (Å²) in [6.07, 6.45) is 1.70. The molecule has 0 amide bonds. The number of hydrogen-bond donors (Lipinski definition) is 0. The smallest absolute Gasteiger partial charge is 0.263 e. The van der Waals surface area contributed by atoms with Gasteiger partial charge in [-0.15, -0.1) is 11.3 Å². The van der Waals surface area contributed by atoms with Gasteiger partial charge in [0.25, 0.3) is 11.1 Å². The van der Waals surface area contributed by atoms with Gasteiger partial charge in [-0.3, -0.25) is 18.6 Å². The van der Waals surface area contributed by atoms with Crippen LogP contribution >= 0.6 is 23.1 Å². The van der Waals surface area contributed by atoms with Crippen LogP contribution in [0.25, 0.3) is 27.0 Å². The van der Waals surface area contributed by atoms with Crippen molar-refractivity contribution in [3.05, 3.63) is 91.6 Å². The zero-order valence-electron chi connectivity index (χ0n) is 17.8. The summed E-state index contributed by atoms with van der Waals surface area (Å²) in [6.45, 7) is 4.15. The molecule has 0 radical (unpaired) electrons. The maximum atomic E-state index is 13.2. The van der Waals surface area contributed by atoms with Crippen LogP contribution in [0.2, 0.25) is 0 Å². The first-order chi connectivity index (χ1) is 15.4. The van der Waals surface area contributed by atoms with Gasteiger partial charge in [0.2, 0.25) is 0 Å². The second-order valence-corrected chi connectivity index (χ2v) is 9.49. The molecule has 0 aliphatic rings. The number of hydrogen-bond acceptors (Lipinski definition) is 6. The van der Waals surface area contributed by atoms with E-state index < -0.39 is 0 Å². The molecule has 8 heteroatoms. The van der Waals surface area contributed by atoms with E-state index in [1.807, 2.05) is 11.4 Å². The third-order valence-corrected chi connectivity index (χ3v) is 7.50. The van der Waals surface area contributed by atoms with Crippen LogP contribution in [0.15, 0.2) is 68.8 Å². The molecule has 5 aromatic rings. The van der Waals surface area contributed by atoms with Gasteiger partial charge >= 0.3 is 0 Å². The summed E-state index contributed by atoms with van der Waals surface area (Å²) >= 11 is 2.88. The number of thioether (sulfide) groups is 1. The van der Waals surface area contributed by atoms with E-state index in [1.165, 1.54) is 44.7 Å². The molecule has 0 fully saturated rings. The average Bonchev–Trinajstić information content (AvgIpc) is 3.21. The Morgan fingerprint density at radius 1 is 1.03 bits per heavy atom. The van der Waals surface area contributed by atoms with Gasteiger partial charge in [-0.2, -0.15) is 0 Å². The number of nitrogens with zero attached hydrogens (tertiary/aromatic N) is 4. The summed E-state index contributed by atoms with van der Waals surface area (Å²) < 4.78 is 3.09. The van der Waals surface area contributed by atoms with Crippen LogP contribution < -0.4 is 11.1 Å². The van der Waals surface area contributed by atoms with Gasteiger partial charge < -0.3 is 0 Å². The Kier molecular flexibility index (Phi) is 5.19. The van der Waals surface area contributed by atoms with Crippen LogP contribution in [0, 0.1) is 13.8 Å². The lowest BCUT2D eigenvalue weighted by Gasteiger charge is -2.09. The second kappa shape index (κ2) is 8.03. The fourth-order valence-corrected chi connectivity index (χ4v) is 5.47. The molecule has 0 N–H and O–H groups in total. The summed E-state index contributed by atoms with van der Waals surface area (Å²) in [4.78, 5) is 35.6. The van der Waals surface area contributed by atoms with Crippen LogP contribution in [0.4, 0.5) is 0 Å². The molecular weight excluding hydrogens is 440 g/mol. The van der Waals surface area contributed by atoms with Gasteiger partial charge in [-0.1, -0.05) is 36.0 Å². The fourth-order valence-electron chi connectivity index (χ4n) is 3.62. The summed E-state index contributed by atoms with van der Waals surface area (Å²) in [5, 5.41) is 3.25. The number of pyridine rings is 1. The Morgan fingerprint density at radius 3 is 2.69 bits per heavy atom. The van der Waals surface area contributed by atoms with Crippen LogP contribution in [0.5, 0.6) is 0 Å². The molecule has 0 atom stereocenters. The Morgan fingerprint density at radius 2 is 1.88 bits per heavy atom. The number of fused-ring (bicyclic) bond motifs is 2. The zero-order chi connectivity index (χ0) is 22.4. The van der Waals surface area contributed by atoms with E-state index in [4.69, 9.17) is 4.98 Å². The molecule has 5 rings (SSSR count). The summed E-state index contributed by atoms with van der Waals surface area (Å²) in [5.74, 6) is 0.446. The number of aromatic nitrogens is 4. The van der Waals surface area contributed by atoms with Crippen molar-refractivity contribution < 1.29 is 0 Å². The highest BCUT2D eigenvalue weighted by Crippen LogP contribution is 2.33. The van der Waals surface area contributed by atoms with Crippen molar-refractivity contribution in [2.45, 2.75) is 24.8 Å². The molecule has 0 aliphatic heterocycles. The maximum absolute atomic E-state index is 13.2. The van der Waals surface area contributed by atoms with Crippen molar-refractivity contribution in [3.63, 3.8) is 0 Å². The van der Waals surface area contributed by atoms with Crippen molar-refractivity contribution in [1.82, 2.24) is 18.9 Å². The predicted molar refractivity (Wildman–Crippen MR) is 131 cm³/mol. The van der Waals surface area contributed by atoms with Crippen molar-refractivity contribution in [1.29, 1.82) is 0 Å². The van der Waals surface area contributed by atoms with Crippen LogP contribution in [-0.4, -0.2) is 18.9 Å². The standard InChI is InChI=1S/C24H20N4O2S2/c1-14-7-8-16(10-15(14)2)18-13-31-22-21(18)23(30)27(3)24(26-22)32-12-17-11-20(29)28-9-5-4-6-19(28)25-17/h4-11,13H,12H2,1-3H3. The molecule has 0 saturated heterocycles. The summed E-state index contributed by atoms with van der Waals surface area (Å²) in [7, 11) is 1.74. The van der Waals surface area contributed by atoms with Crippen molar-refractivity contribution in [2.75, 3.05) is 0 Å². The molecule has 160 valence electrons. The highest BCUT2D eigenvalue weighted by atomic mass is 32.2.